The third kappa shape index (κ3) is 8.31. The number of ether oxygens (including phenoxy) is 1. The Kier molecular flexibility index (Phi) is 7.95. The van der Waals surface area contributed by atoms with Gasteiger partial charge in [0.1, 0.15) is 5.60 Å². The molecule has 0 rings (SSSR count). The fraction of sp³-hybridized carbons (Fsp3) is 0.923. The Bertz CT molecular complexity index is 235. The number of aliphatic hydroxyl groups excluding tert-OH is 1. The number of amides is 1. The van der Waals surface area contributed by atoms with Gasteiger partial charge in [-0.15, -0.1) is 0 Å². The Morgan fingerprint density at radius 3 is 2.28 bits per heavy atom. The number of aliphatic hydroxyl groups is 1. The van der Waals surface area contributed by atoms with Gasteiger partial charge in [0.15, 0.2) is 0 Å². The Hall–Kier alpha value is -0.810. The third-order valence-corrected chi connectivity index (χ3v) is 2.63. The van der Waals surface area contributed by atoms with E-state index < -0.39 is 11.7 Å². The van der Waals surface area contributed by atoms with Gasteiger partial charge < -0.3 is 20.1 Å². The van der Waals surface area contributed by atoms with Crippen LogP contribution >= 0.6 is 0 Å². The molecule has 0 aliphatic rings. The molecular weight excluding hydrogens is 232 g/mol. The normalized spacial score (nSPS) is 13.5. The molecule has 0 bridgehead atoms. The molecule has 1 unspecified atom stereocenters. The lowest BCUT2D eigenvalue weighted by Gasteiger charge is -2.24. The largest absolute Gasteiger partial charge is 0.444 e. The summed E-state index contributed by atoms with van der Waals surface area (Å²) in [5.74, 6) is 0. The van der Waals surface area contributed by atoms with E-state index in [1.807, 2.05) is 20.8 Å². The second-order valence-electron chi connectivity index (χ2n) is 5.34. The molecule has 0 aliphatic carbocycles. The van der Waals surface area contributed by atoms with Crippen molar-refractivity contribution in [3.8, 4) is 0 Å². The molecule has 0 saturated heterocycles. The monoisotopic (exact) mass is 260 g/mol. The highest BCUT2D eigenvalue weighted by molar-refractivity contribution is 5.68. The summed E-state index contributed by atoms with van der Waals surface area (Å²) in [6.07, 6.45) is 0.248. The first kappa shape index (κ1) is 17.2. The van der Waals surface area contributed by atoms with Gasteiger partial charge >= 0.3 is 6.09 Å². The Balaban J connectivity index is 4.07. The lowest BCUT2D eigenvalue weighted by atomic mass is 10.2. The van der Waals surface area contributed by atoms with Crippen LogP contribution in [0.25, 0.3) is 0 Å². The summed E-state index contributed by atoms with van der Waals surface area (Å²) in [5.41, 5.74) is -0.511. The summed E-state index contributed by atoms with van der Waals surface area (Å²) in [6.45, 7) is 12.4. The van der Waals surface area contributed by atoms with E-state index in [0.717, 1.165) is 26.1 Å². The molecule has 0 fully saturated rings. The molecule has 0 aliphatic heterocycles. The molecule has 0 aromatic carbocycles. The van der Waals surface area contributed by atoms with Gasteiger partial charge in [0.05, 0.1) is 12.6 Å². The van der Waals surface area contributed by atoms with Gasteiger partial charge in [0, 0.05) is 6.54 Å². The zero-order valence-corrected chi connectivity index (χ0v) is 12.3. The minimum absolute atomic E-state index is 0.0689. The maximum absolute atomic E-state index is 11.6. The van der Waals surface area contributed by atoms with E-state index in [9.17, 15) is 9.90 Å². The van der Waals surface area contributed by atoms with Crippen molar-refractivity contribution in [2.75, 3.05) is 26.2 Å². The van der Waals surface area contributed by atoms with Crippen molar-refractivity contribution in [2.24, 2.45) is 0 Å². The molecule has 1 atom stereocenters. The lowest BCUT2D eigenvalue weighted by Crippen LogP contribution is -2.42. The summed E-state index contributed by atoms with van der Waals surface area (Å²) < 4.78 is 5.15. The van der Waals surface area contributed by atoms with Crippen molar-refractivity contribution in [1.82, 2.24) is 10.2 Å². The molecule has 2 N–H and O–H groups in total. The van der Waals surface area contributed by atoms with Crippen molar-refractivity contribution >= 4 is 6.09 Å². The highest BCUT2D eigenvalue weighted by atomic mass is 16.6. The highest BCUT2D eigenvalue weighted by Crippen LogP contribution is 2.07. The SMILES string of the molecule is CCN(CC)CCC(CO)NC(=O)OC(C)(C)C. The molecule has 0 saturated carbocycles. The smallest absolute Gasteiger partial charge is 0.407 e. The van der Waals surface area contributed by atoms with Crippen LogP contribution in [0.2, 0.25) is 0 Å². The van der Waals surface area contributed by atoms with Gasteiger partial charge in [0.2, 0.25) is 0 Å². The van der Waals surface area contributed by atoms with Gasteiger partial charge in [-0.25, -0.2) is 4.79 Å². The minimum Gasteiger partial charge on any atom is -0.444 e. The molecular formula is C13H28N2O3. The molecule has 0 spiro atoms. The highest BCUT2D eigenvalue weighted by Gasteiger charge is 2.19. The van der Waals surface area contributed by atoms with Crippen molar-refractivity contribution in [3.63, 3.8) is 0 Å². The van der Waals surface area contributed by atoms with Crippen molar-refractivity contribution in [3.05, 3.63) is 0 Å². The molecule has 5 nitrogen and oxygen atoms in total. The first-order chi connectivity index (χ1) is 8.32. The average Bonchev–Trinajstić information content (AvgIpc) is 2.26. The number of hydrogen-bond donors (Lipinski definition) is 2. The fourth-order valence-corrected chi connectivity index (χ4v) is 1.56. The second kappa shape index (κ2) is 8.32. The molecule has 0 aromatic heterocycles. The van der Waals surface area contributed by atoms with Crippen molar-refractivity contribution < 1.29 is 14.6 Å². The van der Waals surface area contributed by atoms with Crippen LogP contribution in [0, 0.1) is 0 Å². The van der Waals surface area contributed by atoms with E-state index in [2.05, 4.69) is 24.1 Å². The van der Waals surface area contributed by atoms with E-state index in [4.69, 9.17) is 4.74 Å². The fourth-order valence-electron chi connectivity index (χ4n) is 1.56. The zero-order valence-electron chi connectivity index (χ0n) is 12.3. The van der Waals surface area contributed by atoms with Crippen LogP contribution in [0.4, 0.5) is 4.79 Å². The van der Waals surface area contributed by atoms with E-state index >= 15 is 0 Å². The molecule has 1 amide bonds. The van der Waals surface area contributed by atoms with Crippen LogP contribution in [0.5, 0.6) is 0 Å². The summed E-state index contributed by atoms with van der Waals surface area (Å²) in [4.78, 5) is 13.8. The van der Waals surface area contributed by atoms with E-state index in [-0.39, 0.29) is 12.6 Å². The topological polar surface area (TPSA) is 61.8 Å². The maximum atomic E-state index is 11.6. The standard InChI is InChI=1S/C13H28N2O3/c1-6-15(7-2)9-8-11(10-16)14-12(17)18-13(3,4)5/h11,16H,6-10H2,1-5H3,(H,14,17). The Morgan fingerprint density at radius 2 is 1.89 bits per heavy atom. The Morgan fingerprint density at radius 1 is 1.33 bits per heavy atom. The van der Waals surface area contributed by atoms with Crippen LogP contribution in [-0.2, 0) is 4.74 Å². The summed E-state index contributed by atoms with van der Waals surface area (Å²) in [5, 5.41) is 11.9. The zero-order chi connectivity index (χ0) is 14.2. The first-order valence-corrected chi connectivity index (χ1v) is 6.65. The van der Waals surface area contributed by atoms with Crippen LogP contribution in [0.3, 0.4) is 0 Å². The van der Waals surface area contributed by atoms with E-state index in [0.29, 0.717) is 0 Å². The lowest BCUT2D eigenvalue weighted by molar-refractivity contribution is 0.0475. The van der Waals surface area contributed by atoms with E-state index in [1.54, 1.807) is 0 Å². The Labute approximate surface area is 110 Å². The molecule has 18 heavy (non-hydrogen) atoms. The first-order valence-electron chi connectivity index (χ1n) is 6.65. The molecule has 5 heteroatoms. The minimum atomic E-state index is -0.511. The predicted molar refractivity (Wildman–Crippen MR) is 72.6 cm³/mol. The van der Waals surface area contributed by atoms with Crippen LogP contribution in [-0.4, -0.2) is 54.0 Å². The quantitative estimate of drug-likeness (QED) is 0.730. The molecule has 0 aromatic rings. The van der Waals surface area contributed by atoms with Gasteiger partial charge in [0.25, 0.3) is 0 Å². The van der Waals surface area contributed by atoms with E-state index in [1.165, 1.54) is 0 Å². The third-order valence-electron chi connectivity index (χ3n) is 2.63. The van der Waals surface area contributed by atoms with Gasteiger partial charge in [-0.05, 0) is 40.3 Å². The van der Waals surface area contributed by atoms with Gasteiger partial charge in [-0.2, -0.15) is 0 Å². The number of hydrogen-bond acceptors (Lipinski definition) is 4. The number of carbonyl (C=O) groups excluding carboxylic acids is 1. The number of nitrogens with zero attached hydrogens (tertiary/aromatic N) is 1. The predicted octanol–water partition coefficient (Wildman–Crippen LogP) is 1.60. The number of alkyl carbamates (subject to hydrolysis) is 1. The number of nitrogens with one attached hydrogen (secondary N) is 1. The number of rotatable bonds is 7. The van der Waals surface area contributed by atoms with Gasteiger partial charge in [-0.1, -0.05) is 13.8 Å². The van der Waals surface area contributed by atoms with Crippen molar-refractivity contribution in [1.29, 1.82) is 0 Å². The van der Waals surface area contributed by atoms with Crippen LogP contribution in [0.1, 0.15) is 41.0 Å². The van der Waals surface area contributed by atoms with Crippen molar-refractivity contribution in [2.45, 2.75) is 52.7 Å². The van der Waals surface area contributed by atoms with Crippen LogP contribution in [0.15, 0.2) is 0 Å². The second-order valence-corrected chi connectivity index (χ2v) is 5.34. The maximum Gasteiger partial charge on any atom is 0.407 e. The summed E-state index contributed by atoms with van der Waals surface area (Å²) in [7, 11) is 0. The molecule has 0 radical (unpaired) electrons. The average molecular weight is 260 g/mol. The number of carbonyl (C=O) groups is 1. The molecule has 0 heterocycles. The summed E-state index contributed by atoms with van der Waals surface area (Å²) in [6, 6.07) is -0.250. The van der Waals surface area contributed by atoms with Crippen LogP contribution < -0.4 is 5.32 Å². The molecule has 108 valence electrons. The summed E-state index contributed by atoms with van der Waals surface area (Å²) >= 11 is 0. The van der Waals surface area contributed by atoms with Gasteiger partial charge in [-0.3, -0.25) is 0 Å².